The Bertz CT molecular complexity index is 735. The summed E-state index contributed by atoms with van der Waals surface area (Å²) in [6, 6.07) is 5.86. The Kier molecular flexibility index (Phi) is 5.94. The molecule has 0 heterocycles. The SMILES string of the molecule is CC(=O)NC(=O)NC(=O)C(C#N)=CNc1cccc([N+](=O)[O-])c1. The molecule has 4 amide bonds. The van der Waals surface area contributed by atoms with Crippen LogP contribution in [0, 0.1) is 21.4 Å². The Balaban J connectivity index is 2.80. The van der Waals surface area contributed by atoms with E-state index < -0.39 is 28.3 Å². The van der Waals surface area contributed by atoms with E-state index in [0.29, 0.717) is 0 Å². The van der Waals surface area contributed by atoms with Crippen LogP contribution in [0.15, 0.2) is 36.0 Å². The molecule has 0 unspecified atom stereocenters. The standard InChI is InChI=1S/C13H11N5O5/c1-8(19)16-13(21)17-12(20)9(6-14)7-15-10-3-2-4-11(5-10)18(22)23/h2-5,7,15H,1H3,(H2,16,17,19,20,21). The van der Waals surface area contributed by atoms with Gasteiger partial charge in [0.2, 0.25) is 5.91 Å². The molecule has 0 saturated carbocycles. The summed E-state index contributed by atoms with van der Waals surface area (Å²) >= 11 is 0. The number of nitro benzene ring substituents is 1. The molecule has 1 aromatic carbocycles. The van der Waals surface area contributed by atoms with E-state index in [1.165, 1.54) is 24.3 Å². The van der Waals surface area contributed by atoms with Gasteiger partial charge in [0.1, 0.15) is 11.6 Å². The van der Waals surface area contributed by atoms with Crippen molar-refractivity contribution in [2.75, 3.05) is 5.32 Å². The zero-order valence-electron chi connectivity index (χ0n) is 11.8. The lowest BCUT2D eigenvalue weighted by Crippen LogP contribution is -2.42. The molecule has 1 rings (SSSR count). The van der Waals surface area contributed by atoms with Crippen LogP contribution in [0.5, 0.6) is 0 Å². The molecule has 0 aromatic heterocycles. The number of carbonyl (C=O) groups excluding carboxylic acids is 3. The topological polar surface area (TPSA) is 154 Å². The molecule has 3 N–H and O–H groups in total. The van der Waals surface area contributed by atoms with E-state index in [2.05, 4.69) is 5.32 Å². The van der Waals surface area contributed by atoms with Crippen LogP contribution in [-0.4, -0.2) is 22.8 Å². The van der Waals surface area contributed by atoms with Gasteiger partial charge in [0, 0.05) is 30.9 Å². The van der Waals surface area contributed by atoms with Crippen LogP contribution in [-0.2, 0) is 9.59 Å². The van der Waals surface area contributed by atoms with E-state index in [1.807, 2.05) is 0 Å². The molecule has 0 aliphatic heterocycles. The number of nitro groups is 1. The van der Waals surface area contributed by atoms with Gasteiger partial charge >= 0.3 is 6.03 Å². The summed E-state index contributed by atoms with van der Waals surface area (Å²) in [5, 5.41) is 25.6. The molecule has 0 spiro atoms. The fourth-order valence-corrected chi connectivity index (χ4v) is 1.37. The smallest absolute Gasteiger partial charge is 0.328 e. The lowest BCUT2D eigenvalue weighted by molar-refractivity contribution is -0.384. The first-order valence-electron chi connectivity index (χ1n) is 6.07. The van der Waals surface area contributed by atoms with Crippen LogP contribution in [0.4, 0.5) is 16.2 Å². The number of nitriles is 1. The van der Waals surface area contributed by atoms with Crippen molar-refractivity contribution in [3.63, 3.8) is 0 Å². The molecule has 0 bridgehead atoms. The number of hydrogen-bond donors (Lipinski definition) is 3. The second-order valence-electron chi connectivity index (χ2n) is 4.09. The third-order valence-electron chi connectivity index (χ3n) is 2.32. The van der Waals surface area contributed by atoms with Crippen molar-refractivity contribution in [1.29, 1.82) is 5.26 Å². The lowest BCUT2D eigenvalue weighted by Gasteiger charge is -2.04. The van der Waals surface area contributed by atoms with Crippen molar-refractivity contribution in [1.82, 2.24) is 10.6 Å². The van der Waals surface area contributed by atoms with Gasteiger partial charge in [-0.1, -0.05) is 6.07 Å². The van der Waals surface area contributed by atoms with E-state index in [4.69, 9.17) is 5.26 Å². The van der Waals surface area contributed by atoms with Gasteiger partial charge in [-0.25, -0.2) is 4.79 Å². The number of benzene rings is 1. The molecule has 0 aliphatic carbocycles. The number of nitrogens with one attached hydrogen (secondary N) is 3. The van der Waals surface area contributed by atoms with Crippen LogP contribution in [0.2, 0.25) is 0 Å². The Labute approximate surface area is 129 Å². The van der Waals surface area contributed by atoms with Crippen LogP contribution >= 0.6 is 0 Å². The number of carbonyl (C=O) groups is 3. The molecule has 23 heavy (non-hydrogen) atoms. The number of anilines is 1. The molecule has 0 fully saturated rings. The monoisotopic (exact) mass is 317 g/mol. The van der Waals surface area contributed by atoms with E-state index in [0.717, 1.165) is 13.1 Å². The number of hydrogen-bond acceptors (Lipinski definition) is 7. The Morgan fingerprint density at radius 3 is 2.57 bits per heavy atom. The molecule has 10 heteroatoms. The Hall–Kier alpha value is -3.74. The van der Waals surface area contributed by atoms with Crippen molar-refractivity contribution in [2.24, 2.45) is 0 Å². The third-order valence-corrected chi connectivity index (χ3v) is 2.32. The summed E-state index contributed by atoms with van der Waals surface area (Å²) in [5.41, 5.74) is -0.365. The van der Waals surface area contributed by atoms with Gasteiger partial charge in [0.25, 0.3) is 11.6 Å². The van der Waals surface area contributed by atoms with Crippen LogP contribution in [0.3, 0.4) is 0 Å². The number of amides is 4. The molecule has 1 aromatic rings. The molecule has 0 atom stereocenters. The van der Waals surface area contributed by atoms with Crippen molar-refractivity contribution >= 4 is 29.2 Å². The third kappa shape index (κ3) is 5.64. The highest BCUT2D eigenvalue weighted by molar-refractivity contribution is 6.09. The zero-order valence-corrected chi connectivity index (χ0v) is 11.8. The van der Waals surface area contributed by atoms with E-state index >= 15 is 0 Å². The summed E-state index contributed by atoms with van der Waals surface area (Å²) in [6.45, 7) is 1.08. The molecular formula is C13H11N5O5. The summed E-state index contributed by atoms with van der Waals surface area (Å²) in [6.07, 6.45) is 0.982. The summed E-state index contributed by atoms with van der Waals surface area (Å²) in [4.78, 5) is 43.5. The fraction of sp³-hybridized carbons (Fsp3) is 0.0769. The van der Waals surface area contributed by atoms with Gasteiger partial charge in [-0.05, 0) is 6.07 Å². The first-order chi connectivity index (χ1) is 10.8. The average molecular weight is 317 g/mol. The van der Waals surface area contributed by atoms with Crippen LogP contribution in [0.1, 0.15) is 6.92 Å². The van der Waals surface area contributed by atoms with Crippen LogP contribution < -0.4 is 16.0 Å². The molecule has 10 nitrogen and oxygen atoms in total. The maximum Gasteiger partial charge on any atom is 0.328 e. The van der Waals surface area contributed by atoms with E-state index in [1.54, 1.807) is 16.7 Å². The average Bonchev–Trinajstić information content (AvgIpc) is 2.47. The van der Waals surface area contributed by atoms with Gasteiger partial charge in [-0.2, -0.15) is 5.26 Å². The van der Waals surface area contributed by atoms with Gasteiger partial charge in [0.15, 0.2) is 0 Å². The molecule has 0 saturated heterocycles. The molecule has 0 radical (unpaired) electrons. The highest BCUT2D eigenvalue weighted by atomic mass is 16.6. The highest BCUT2D eigenvalue weighted by Crippen LogP contribution is 2.17. The zero-order chi connectivity index (χ0) is 17.4. The second kappa shape index (κ2) is 7.89. The van der Waals surface area contributed by atoms with E-state index in [9.17, 15) is 24.5 Å². The normalized spacial score (nSPS) is 10.2. The van der Waals surface area contributed by atoms with Gasteiger partial charge < -0.3 is 5.32 Å². The maximum atomic E-state index is 11.6. The number of imide groups is 2. The number of nitrogens with zero attached hydrogens (tertiary/aromatic N) is 2. The van der Waals surface area contributed by atoms with Gasteiger partial charge in [-0.15, -0.1) is 0 Å². The van der Waals surface area contributed by atoms with Crippen molar-refractivity contribution in [3.05, 3.63) is 46.2 Å². The highest BCUT2D eigenvalue weighted by Gasteiger charge is 2.13. The first-order valence-corrected chi connectivity index (χ1v) is 6.07. The predicted octanol–water partition coefficient (Wildman–Crippen LogP) is 0.786. The minimum atomic E-state index is -1.07. The van der Waals surface area contributed by atoms with E-state index in [-0.39, 0.29) is 11.4 Å². The maximum absolute atomic E-state index is 11.6. The van der Waals surface area contributed by atoms with Crippen molar-refractivity contribution in [2.45, 2.75) is 6.92 Å². The summed E-state index contributed by atoms with van der Waals surface area (Å²) in [5.74, 6) is -1.71. The predicted molar refractivity (Wildman–Crippen MR) is 77.8 cm³/mol. The fourth-order valence-electron chi connectivity index (χ4n) is 1.37. The lowest BCUT2D eigenvalue weighted by atomic mass is 10.2. The van der Waals surface area contributed by atoms with Gasteiger partial charge in [0.05, 0.1) is 4.92 Å². The molecule has 0 aliphatic rings. The second-order valence-corrected chi connectivity index (χ2v) is 4.09. The quantitative estimate of drug-likeness (QED) is 0.321. The van der Waals surface area contributed by atoms with Crippen LogP contribution in [0.25, 0.3) is 0 Å². The molecular weight excluding hydrogens is 306 g/mol. The summed E-state index contributed by atoms with van der Waals surface area (Å²) < 4.78 is 0. The Morgan fingerprint density at radius 1 is 1.30 bits per heavy atom. The number of urea groups is 1. The molecule has 118 valence electrons. The van der Waals surface area contributed by atoms with Gasteiger partial charge in [-0.3, -0.25) is 30.3 Å². The minimum absolute atomic E-state index is 0.174. The largest absolute Gasteiger partial charge is 0.360 e. The minimum Gasteiger partial charge on any atom is -0.360 e. The van der Waals surface area contributed by atoms with Crippen molar-refractivity contribution < 1.29 is 19.3 Å². The summed E-state index contributed by atoms with van der Waals surface area (Å²) in [7, 11) is 0. The Morgan fingerprint density at radius 2 is 2.00 bits per heavy atom. The number of non-ortho nitro benzene ring substituents is 1. The number of rotatable bonds is 4. The van der Waals surface area contributed by atoms with Crippen molar-refractivity contribution in [3.8, 4) is 6.07 Å². The first kappa shape index (κ1) is 17.3.